The fraction of sp³-hybridized carbons (Fsp3) is 0.368. The predicted octanol–water partition coefficient (Wildman–Crippen LogP) is 4.17. The molecule has 0 saturated carbocycles. The van der Waals surface area contributed by atoms with Gasteiger partial charge in [0.2, 0.25) is 0 Å². The quantitative estimate of drug-likeness (QED) is 0.868. The predicted molar refractivity (Wildman–Crippen MR) is 90.7 cm³/mol. The molecule has 0 spiro atoms. The molecule has 1 N–H and O–H groups in total. The van der Waals surface area contributed by atoms with E-state index in [4.69, 9.17) is 9.47 Å². The number of aryl methyl sites for hydroxylation is 2. The molecule has 118 valence electrons. The first-order chi connectivity index (χ1) is 10.5. The maximum Gasteiger partial charge on any atom is 0.123 e. The van der Waals surface area contributed by atoms with Gasteiger partial charge in [0.05, 0.1) is 14.2 Å². The number of methoxy groups -OCH3 is 2. The Kier molecular flexibility index (Phi) is 5.45. The van der Waals surface area contributed by atoms with Crippen LogP contribution in [0.15, 0.2) is 36.4 Å². The Bertz CT molecular complexity index is 637. The summed E-state index contributed by atoms with van der Waals surface area (Å²) in [6, 6.07) is 12.7. The van der Waals surface area contributed by atoms with E-state index in [1.54, 1.807) is 14.2 Å². The lowest BCUT2D eigenvalue weighted by Gasteiger charge is -2.19. The Balaban J connectivity index is 2.15. The van der Waals surface area contributed by atoms with Crippen LogP contribution in [0.2, 0.25) is 0 Å². The number of rotatable bonds is 6. The molecule has 0 aliphatic heterocycles. The molecule has 3 heteroatoms. The number of hydrogen-bond donors (Lipinski definition) is 1. The van der Waals surface area contributed by atoms with Gasteiger partial charge in [-0.05, 0) is 32.9 Å². The molecule has 0 aliphatic carbocycles. The summed E-state index contributed by atoms with van der Waals surface area (Å²) in [6.07, 6.45) is 0. The van der Waals surface area contributed by atoms with E-state index in [-0.39, 0.29) is 6.04 Å². The van der Waals surface area contributed by atoms with Crippen LogP contribution in [0.5, 0.6) is 11.5 Å². The highest BCUT2D eigenvalue weighted by Crippen LogP contribution is 2.27. The molecule has 2 rings (SSSR count). The second-order valence-corrected chi connectivity index (χ2v) is 5.66. The molecular weight excluding hydrogens is 274 g/mol. The topological polar surface area (TPSA) is 30.5 Å². The van der Waals surface area contributed by atoms with Crippen LogP contribution in [-0.4, -0.2) is 14.2 Å². The normalized spacial score (nSPS) is 12.0. The average molecular weight is 299 g/mol. The van der Waals surface area contributed by atoms with Crippen LogP contribution in [0.1, 0.15) is 35.2 Å². The van der Waals surface area contributed by atoms with Gasteiger partial charge in [0.25, 0.3) is 0 Å². The number of nitrogens with one attached hydrogen (secondary N) is 1. The van der Waals surface area contributed by atoms with Crippen molar-refractivity contribution in [2.75, 3.05) is 14.2 Å². The van der Waals surface area contributed by atoms with Gasteiger partial charge in [0.15, 0.2) is 0 Å². The zero-order valence-electron chi connectivity index (χ0n) is 14.1. The first-order valence-electron chi connectivity index (χ1n) is 7.56. The zero-order valence-corrected chi connectivity index (χ0v) is 14.1. The Morgan fingerprint density at radius 3 is 2.14 bits per heavy atom. The lowest BCUT2D eigenvalue weighted by atomic mass is 10.0. The summed E-state index contributed by atoms with van der Waals surface area (Å²) in [5.41, 5.74) is 4.81. The molecule has 1 atom stereocenters. The fourth-order valence-electron chi connectivity index (χ4n) is 2.61. The molecule has 0 saturated heterocycles. The van der Waals surface area contributed by atoms with Crippen molar-refractivity contribution in [2.24, 2.45) is 0 Å². The fourth-order valence-corrected chi connectivity index (χ4v) is 2.61. The molecule has 0 aromatic heterocycles. The summed E-state index contributed by atoms with van der Waals surface area (Å²) >= 11 is 0. The van der Waals surface area contributed by atoms with Gasteiger partial charge >= 0.3 is 0 Å². The summed E-state index contributed by atoms with van der Waals surface area (Å²) in [5, 5.41) is 3.56. The number of benzene rings is 2. The minimum absolute atomic E-state index is 0.195. The van der Waals surface area contributed by atoms with Crippen molar-refractivity contribution in [1.82, 2.24) is 5.32 Å². The summed E-state index contributed by atoms with van der Waals surface area (Å²) in [4.78, 5) is 0. The molecule has 0 radical (unpaired) electrons. The Labute approximate surface area is 133 Å². The largest absolute Gasteiger partial charge is 0.496 e. The standard InChI is InChI=1S/C19H25NO2/c1-13-6-8-18(21-4)16(10-13)12-20-15(3)17-11-14(2)7-9-19(17)22-5/h6-11,15,20H,12H2,1-5H3. The molecular formula is C19H25NO2. The third-order valence-corrected chi connectivity index (χ3v) is 3.89. The Morgan fingerprint density at radius 2 is 1.50 bits per heavy atom. The van der Waals surface area contributed by atoms with Gasteiger partial charge in [-0.2, -0.15) is 0 Å². The molecule has 2 aromatic rings. The number of hydrogen-bond acceptors (Lipinski definition) is 3. The van der Waals surface area contributed by atoms with Crippen molar-refractivity contribution in [3.8, 4) is 11.5 Å². The smallest absolute Gasteiger partial charge is 0.123 e. The summed E-state index contributed by atoms with van der Waals surface area (Å²) in [6.45, 7) is 7.10. The van der Waals surface area contributed by atoms with Crippen LogP contribution in [-0.2, 0) is 6.54 Å². The maximum absolute atomic E-state index is 5.47. The van der Waals surface area contributed by atoms with Gasteiger partial charge in [0, 0.05) is 23.7 Å². The Hall–Kier alpha value is -2.00. The van der Waals surface area contributed by atoms with Gasteiger partial charge in [0.1, 0.15) is 11.5 Å². The van der Waals surface area contributed by atoms with Crippen LogP contribution in [0.3, 0.4) is 0 Å². The van der Waals surface area contributed by atoms with E-state index in [9.17, 15) is 0 Å². The Morgan fingerprint density at radius 1 is 0.909 bits per heavy atom. The molecule has 0 bridgehead atoms. The van der Waals surface area contributed by atoms with Crippen molar-refractivity contribution in [2.45, 2.75) is 33.4 Å². The van der Waals surface area contributed by atoms with Gasteiger partial charge in [-0.3, -0.25) is 0 Å². The van der Waals surface area contributed by atoms with Gasteiger partial charge in [-0.15, -0.1) is 0 Å². The second kappa shape index (κ2) is 7.32. The molecule has 0 aliphatic rings. The van der Waals surface area contributed by atoms with E-state index < -0.39 is 0 Å². The van der Waals surface area contributed by atoms with Crippen molar-refractivity contribution < 1.29 is 9.47 Å². The zero-order chi connectivity index (χ0) is 16.1. The lowest BCUT2D eigenvalue weighted by Crippen LogP contribution is -2.19. The highest BCUT2D eigenvalue weighted by Gasteiger charge is 2.12. The van der Waals surface area contributed by atoms with Crippen molar-refractivity contribution in [1.29, 1.82) is 0 Å². The molecule has 2 aromatic carbocycles. The number of ether oxygens (including phenoxy) is 2. The molecule has 22 heavy (non-hydrogen) atoms. The van der Waals surface area contributed by atoms with Crippen LogP contribution >= 0.6 is 0 Å². The minimum atomic E-state index is 0.195. The van der Waals surface area contributed by atoms with E-state index >= 15 is 0 Å². The molecule has 0 fully saturated rings. The van der Waals surface area contributed by atoms with E-state index in [0.717, 1.165) is 18.0 Å². The molecule has 0 amide bonds. The van der Waals surface area contributed by atoms with Crippen LogP contribution < -0.4 is 14.8 Å². The third-order valence-electron chi connectivity index (χ3n) is 3.89. The summed E-state index contributed by atoms with van der Waals surface area (Å²) < 4.78 is 10.9. The summed E-state index contributed by atoms with van der Waals surface area (Å²) in [5.74, 6) is 1.84. The minimum Gasteiger partial charge on any atom is -0.496 e. The average Bonchev–Trinajstić information content (AvgIpc) is 2.52. The maximum atomic E-state index is 5.47. The van der Waals surface area contributed by atoms with Gasteiger partial charge in [-0.25, -0.2) is 0 Å². The SMILES string of the molecule is COc1ccc(C)cc1CNC(C)c1cc(C)ccc1OC. The van der Waals surface area contributed by atoms with Crippen molar-refractivity contribution in [3.05, 3.63) is 58.7 Å². The van der Waals surface area contributed by atoms with Gasteiger partial charge in [-0.1, -0.05) is 35.4 Å². The molecule has 3 nitrogen and oxygen atoms in total. The van der Waals surface area contributed by atoms with E-state index in [0.29, 0.717) is 0 Å². The molecule has 1 unspecified atom stereocenters. The van der Waals surface area contributed by atoms with Gasteiger partial charge < -0.3 is 14.8 Å². The van der Waals surface area contributed by atoms with Crippen molar-refractivity contribution >= 4 is 0 Å². The van der Waals surface area contributed by atoms with E-state index in [2.05, 4.69) is 50.4 Å². The summed E-state index contributed by atoms with van der Waals surface area (Å²) in [7, 11) is 3.42. The highest BCUT2D eigenvalue weighted by atomic mass is 16.5. The third kappa shape index (κ3) is 3.80. The highest BCUT2D eigenvalue weighted by molar-refractivity contribution is 5.40. The lowest BCUT2D eigenvalue weighted by molar-refractivity contribution is 0.397. The molecule has 0 heterocycles. The van der Waals surface area contributed by atoms with Crippen LogP contribution in [0.25, 0.3) is 0 Å². The van der Waals surface area contributed by atoms with E-state index in [1.165, 1.54) is 22.3 Å². The van der Waals surface area contributed by atoms with Crippen LogP contribution in [0, 0.1) is 13.8 Å². The van der Waals surface area contributed by atoms with Crippen molar-refractivity contribution in [3.63, 3.8) is 0 Å². The van der Waals surface area contributed by atoms with E-state index in [1.807, 2.05) is 12.1 Å². The van der Waals surface area contributed by atoms with Crippen LogP contribution in [0.4, 0.5) is 0 Å². The second-order valence-electron chi connectivity index (χ2n) is 5.66. The first kappa shape index (κ1) is 16.4. The first-order valence-corrected chi connectivity index (χ1v) is 7.56. The monoisotopic (exact) mass is 299 g/mol.